The molecule has 17 heavy (non-hydrogen) atoms. The average Bonchev–Trinajstić information content (AvgIpc) is 2.34. The molecule has 1 heterocycles. The number of para-hydroxylation sites is 1. The second-order valence-electron chi connectivity index (χ2n) is 3.37. The van der Waals surface area contributed by atoms with Crippen LogP contribution >= 0.6 is 0 Å². The molecule has 2 rings (SSSR count). The summed E-state index contributed by atoms with van der Waals surface area (Å²) in [5.41, 5.74) is 1.03. The molecule has 6 nitrogen and oxygen atoms in total. The molecule has 0 fully saturated rings. The van der Waals surface area contributed by atoms with Gasteiger partial charge in [-0.3, -0.25) is 9.78 Å². The van der Waals surface area contributed by atoms with E-state index in [1.54, 1.807) is 31.2 Å². The minimum Gasteiger partial charge on any atom is -0.323 e. The second-order valence-corrected chi connectivity index (χ2v) is 3.37. The standard InChI is InChI=1S/C11H9N5O/c1-7-10(17)14-11(16-15-7)13-9-5-3-2-4-8(9)6-12/h2-5H,1H3,(H2,13,14,16,17). The zero-order chi connectivity index (χ0) is 12.3. The predicted molar refractivity (Wildman–Crippen MR) is 61.8 cm³/mol. The molecule has 2 aromatic rings. The number of hydrogen-bond donors (Lipinski definition) is 2. The van der Waals surface area contributed by atoms with Crippen LogP contribution < -0.4 is 10.9 Å². The lowest BCUT2D eigenvalue weighted by Crippen LogP contribution is -2.15. The van der Waals surface area contributed by atoms with Crippen LogP contribution in [0.2, 0.25) is 0 Å². The van der Waals surface area contributed by atoms with E-state index in [2.05, 4.69) is 20.5 Å². The molecule has 0 saturated heterocycles. The summed E-state index contributed by atoms with van der Waals surface area (Å²) in [6.45, 7) is 1.57. The van der Waals surface area contributed by atoms with Gasteiger partial charge < -0.3 is 5.32 Å². The lowest BCUT2D eigenvalue weighted by molar-refractivity contribution is 0.908. The Morgan fingerprint density at radius 2 is 2.12 bits per heavy atom. The Balaban J connectivity index is 2.35. The molecule has 0 atom stereocenters. The Morgan fingerprint density at radius 1 is 1.35 bits per heavy atom. The van der Waals surface area contributed by atoms with Crippen LogP contribution in [0.1, 0.15) is 11.3 Å². The molecule has 0 spiro atoms. The number of hydrogen-bond acceptors (Lipinski definition) is 5. The lowest BCUT2D eigenvalue weighted by atomic mass is 10.2. The van der Waals surface area contributed by atoms with Gasteiger partial charge in [0.15, 0.2) is 0 Å². The van der Waals surface area contributed by atoms with Crippen molar-refractivity contribution in [3.8, 4) is 6.07 Å². The quantitative estimate of drug-likeness (QED) is 0.800. The summed E-state index contributed by atoms with van der Waals surface area (Å²) >= 11 is 0. The molecular formula is C11H9N5O. The van der Waals surface area contributed by atoms with E-state index in [1.807, 2.05) is 6.07 Å². The second kappa shape index (κ2) is 4.45. The van der Waals surface area contributed by atoms with E-state index in [1.165, 1.54) is 0 Å². The van der Waals surface area contributed by atoms with Crippen molar-refractivity contribution in [2.24, 2.45) is 0 Å². The van der Waals surface area contributed by atoms with Gasteiger partial charge in [0.25, 0.3) is 5.56 Å². The Labute approximate surface area is 96.9 Å². The summed E-state index contributed by atoms with van der Waals surface area (Å²) in [5, 5.41) is 19.2. The Kier molecular flexibility index (Phi) is 2.83. The van der Waals surface area contributed by atoms with Crippen molar-refractivity contribution in [2.75, 3.05) is 5.32 Å². The molecule has 0 unspecified atom stereocenters. The minimum absolute atomic E-state index is 0.211. The monoisotopic (exact) mass is 227 g/mol. The molecule has 84 valence electrons. The molecule has 6 heteroatoms. The first-order valence-electron chi connectivity index (χ1n) is 4.90. The molecule has 1 aromatic heterocycles. The van der Waals surface area contributed by atoms with E-state index >= 15 is 0 Å². The highest BCUT2D eigenvalue weighted by Crippen LogP contribution is 2.16. The van der Waals surface area contributed by atoms with Crippen LogP contribution in [0.15, 0.2) is 29.1 Å². The van der Waals surface area contributed by atoms with Gasteiger partial charge in [0.2, 0.25) is 5.95 Å². The lowest BCUT2D eigenvalue weighted by Gasteiger charge is -2.05. The minimum atomic E-state index is -0.308. The number of rotatable bonds is 2. The molecule has 0 bridgehead atoms. The third-order valence-electron chi connectivity index (χ3n) is 2.16. The van der Waals surface area contributed by atoms with Gasteiger partial charge >= 0.3 is 0 Å². The molecular weight excluding hydrogens is 218 g/mol. The number of benzene rings is 1. The number of anilines is 2. The van der Waals surface area contributed by atoms with Crippen LogP contribution in [0.4, 0.5) is 11.6 Å². The maximum Gasteiger partial charge on any atom is 0.273 e. The zero-order valence-electron chi connectivity index (χ0n) is 9.06. The Morgan fingerprint density at radius 3 is 2.82 bits per heavy atom. The van der Waals surface area contributed by atoms with E-state index in [9.17, 15) is 4.79 Å². The highest BCUT2D eigenvalue weighted by Gasteiger charge is 2.04. The number of aromatic amines is 1. The molecule has 0 saturated carbocycles. The van der Waals surface area contributed by atoms with Gasteiger partial charge in [0.1, 0.15) is 11.8 Å². The fraction of sp³-hybridized carbons (Fsp3) is 0.0909. The first kappa shape index (κ1) is 10.8. The van der Waals surface area contributed by atoms with Crippen molar-refractivity contribution >= 4 is 11.6 Å². The van der Waals surface area contributed by atoms with Gasteiger partial charge in [0, 0.05) is 0 Å². The van der Waals surface area contributed by atoms with Crippen molar-refractivity contribution in [1.82, 2.24) is 15.2 Å². The molecule has 2 N–H and O–H groups in total. The van der Waals surface area contributed by atoms with Gasteiger partial charge in [-0.25, -0.2) is 0 Å². The molecule has 0 aliphatic heterocycles. The number of aryl methyl sites for hydroxylation is 1. The normalized spacial score (nSPS) is 9.65. The number of nitrogens with zero attached hydrogens (tertiary/aromatic N) is 3. The maximum absolute atomic E-state index is 11.3. The molecule has 0 amide bonds. The summed E-state index contributed by atoms with van der Waals surface area (Å²) < 4.78 is 0. The number of aromatic nitrogens is 3. The van der Waals surface area contributed by atoms with E-state index in [0.29, 0.717) is 16.9 Å². The fourth-order valence-electron chi connectivity index (χ4n) is 1.27. The predicted octanol–water partition coefficient (Wildman–Crippen LogP) is 1.09. The number of H-pyrrole nitrogens is 1. The third kappa shape index (κ3) is 2.29. The Bertz CT molecular complexity index is 641. The van der Waals surface area contributed by atoms with Crippen LogP contribution in [0.5, 0.6) is 0 Å². The summed E-state index contributed by atoms with van der Waals surface area (Å²) in [6, 6.07) is 8.97. The summed E-state index contributed by atoms with van der Waals surface area (Å²) in [6.07, 6.45) is 0. The fourth-order valence-corrected chi connectivity index (χ4v) is 1.27. The van der Waals surface area contributed by atoms with E-state index < -0.39 is 0 Å². The Hall–Kier alpha value is -2.68. The smallest absolute Gasteiger partial charge is 0.273 e. The summed E-state index contributed by atoms with van der Waals surface area (Å²) in [5.74, 6) is 0.211. The van der Waals surface area contributed by atoms with E-state index in [4.69, 9.17) is 5.26 Å². The molecule has 0 aliphatic carbocycles. The summed E-state index contributed by atoms with van der Waals surface area (Å²) in [4.78, 5) is 13.8. The van der Waals surface area contributed by atoms with Gasteiger partial charge in [-0.05, 0) is 19.1 Å². The van der Waals surface area contributed by atoms with E-state index in [0.717, 1.165) is 0 Å². The molecule has 1 aromatic carbocycles. The van der Waals surface area contributed by atoms with Gasteiger partial charge in [0.05, 0.1) is 11.3 Å². The topological polar surface area (TPSA) is 94.5 Å². The van der Waals surface area contributed by atoms with Crippen LogP contribution in [0.25, 0.3) is 0 Å². The summed E-state index contributed by atoms with van der Waals surface area (Å²) in [7, 11) is 0. The largest absolute Gasteiger partial charge is 0.323 e. The van der Waals surface area contributed by atoms with Crippen molar-refractivity contribution in [2.45, 2.75) is 6.92 Å². The SMILES string of the molecule is Cc1nnc(Nc2ccccc2C#N)[nH]c1=O. The van der Waals surface area contributed by atoms with Crippen molar-refractivity contribution in [3.05, 3.63) is 45.9 Å². The molecule has 0 aliphatic rings. The van der Waals surface area contributed by atoms with Crippen LogP contribution in [-0.2, 0) is 0 Å². The van der Waals surface area contributed by atoms with Crippen LogP contribution in [0.3, 0.4) is 0 Å². The molecule has 0 radical (unpaired) electrons. The van der Waals surface area contributed by atoms with Crippen LogP contribution in [-0.4, -0.2) is 15.2 Å². The maximum atomic E-state index is 11.3. The van der Waals surface area contributed by atoms with Crippen LogP contribution in [0, 0.1) is 18.3 Å². The average molecular weight is 227 g/mol. The van der Waals surface area contributed by atoms with Crippen molar-refractivity contribution in [1.29, 1.82) is 5.26 Å². The van der Waals surface area contributed by atoms with Gasteiger partial charge in [-0.2, -0.15) is 5.26 Å². The van der Waals surface area contributed by atoms with Crippen molar-refractivity contribution in [3.63, 3.8) is 0 Å². The van der Waals surface area contributed by atoms with E-state index in [-0.39, 0.29) is 11.5 Å². The zero-order valence-corrected chi connectivity index (χ0v) is 9.06. The van der Waals surface area contributed by atoms with Gasteiger partial charge in [-0.1, -0.05) is 12.1 Å². The highest BCUT2D eigenvalue weighted by atomic mass is 16.1. The number of nitrogens with one attached hydrogen (secondary N) is 2. The van der Waals surface area contributed by atoms with Gasteiger partial charge in [-0.15, -0.1) is 10.2 Å². The third-order valence-corrected chi connectivity index (χ3v) is 2.16. The first-order chi connectivity index (χ1) is 8.20. The highest BCUT2D eigenvalue weighted by molar-refractivity contribution is 5.62. The first-order valence-corrected chi connectivity index (χ1v) is 4.90. The number of nitriles is 1. The van der Waals surface area contributed by atoms with Crippen molar-refractivity contribution < 1.29 is 0 Å².